The molecule has 1 heterocycles. The van der Waals surface area contributed by atoms with Crippen LogP contribution in [0.4, 0.5) is 0 Å². The molecule has 3 N–H and O–H groups in total. The number of aryl methyl sites for hydroxylation is 1. The highest BCUT2D eigenvalue weighted by Gasteiger charge is 2.44. The van der Waals surface area contributed by atoms with Crippen molar-refractivity contribution in [3.05, 3.63) is 69.6 Å². The number of nitrogens with one attached hydrogen (secondary N) is 3. The molecule has 3 atom stereocenters. The minimum atomic E-state index is -0.220. The van der Waals surface area contributed by atoms with Gasteiger partial charge in [-0.15, -0.1) is 0 Å². The molecule has 5 nitrogen and oxygen atoms in total. The van der Waals surface area contributed by atoms with Gasteiger partial charge in [0.05, 0.1) is 17.1 Å². The van der Waals surface area contributed by atoms with Crippen molar-refractivity contribution in [3.8, 4) is 0 Å². The van der Waals surface area contributed by atoms with Crippen LogP contribution < -0.4 is 11.0 Å². The Bertz CT molecular complexity index is 1000. The second-order valence-corrected chi connectivity index (χ2v) is 6.98. The highest BCUT2D eigenvalue weighted by atomic mass is 16.2. The molecule has 2 aromatic carbocycles. The average Bonchev–Trinajstić information content (AvgIpc) is 3.29. The van der Waals surface area contributed by atoms with E-state index in [0.29, 0.717) is 5.92 Å². The number of H-pyrrole nitrogens is 2. The summed E-state index contributed by atoms with van der Waals surface area (Å²) in [6, 6.07) is 14.0. The van der Waals surface area contributed by atoms with Gasteiger partial charge in [-0.3, -0.25) is 4.79 Å². The van der Waals surface area contributed by atoms with E-state index in [4.69, 9.17) is 0 Å². The molecule has 0 radical (unpaired) electrons. The molecule has 3 aromatic rings. The van der Waals surface area contributed by atoms with Crippen LogP contribution in [0.5, 0.6) is 0 Å². The third-order valence-electron chi connectivity index (χ3n) is 5.00. The zero-order chi connectivity index (χ0) is 17.6. The van der Waals surface area contributed by atoms with Gasteiger partial charge in [0.1, 0.15) is 0 Å². The molecular weight excluding hydrogens is 314 g/mol. The van der Waals surface area contributed by atoms with Gasteiger partial charge in [-0.2, -0.15) is 0 Å². The van der Waals surface area contributed by atoms with Gasteiger partial charge in [-0.05, 0) is 49.4 Å². The summed E-state index contributed by atoms with van der Waals surface area (Å²) in [5, 5.41) is 3.10. The van der Waals surface area contributed by atoms with Crippen LogP contribution in [0, 0.1) is 12.8 Å². The van der Waals surface area contributed by atoms with Gasteiger partial charge in [0.2, 0.25) is 5.91 Å². The van der Waals surface area contributed by atoms with Crippen LogP contribution in [-0.2, 0) is 4.79 Å². The molecule has 1 saturated carbocycles. The molecule has 1 aliphatic rings. The summed E-state index contributed by atoms with van der Waals surface area (Å²) >= 11 is 0. The Morgan fingerprint density at radius 1 is 1.16 bits per heavy atom. The minimum absolute atomic E-state index is 0.0556. The topological polar surface area (TPSA) is 77.8 Å². The molecule has 0 saturated heterocycles. The maximum atomic E-state index is 12.6. The molecule has 25 heavy (non-hydrogen) atoms. The molecule has 0 spiro atoms. The predicted molar refractivity (Wildman–Crippen MR) is 97.5 cm³/mol. The van der Waals surface area contributed by atoms with Gasteiger partial charge in [-0.25, -0.2) is 4.79 Å². The highest BCUT2D eigenvalue weighted by Crippen LogP contribution is 2.47. The fourth-order valence-electron chi connectivity index (χ4n) is 3.48. The van der Waals surface area contributed by atoms with E-state index < -0.39 is 0 Å². The number of hydrogen-bond donors (Lipinski definition) is 3. The van der Waals surface area contributed by atoms with Crippen molar-refractivity contribution < 1.29 is 4.79 Å². The summed E-state index contributed by atoms with van der Waals surface area (Å²) < 4.78 is 0. The predicted octanol–water partition coefficient (Wildman–Crippen LogP) is 3.15. The third-order valence-corrected chi connectivity index (χ3v) is 5.00. The lowest BCUT2D eigenvalue weighted by molar-refractivity contribution is -0.123. The largest absolute Gasteiger partial charge is 0.349 e. The van der Waals surface area contributed by atoms with Gasteiger partial charge < -0.3 is 15.3 Å². The fourth-order valence-corrected chi connectivity index (χ4v) is 3.48. The number of carbonyl (C=O) groups is 1. The summed E-state index contributed by atoms with van der Waals surface area (Å²) in [5.74, 6) is 0.484. The van der Waals surface area contributed by atoms with Crippen molar-refractivity contribution in [2.75, 3.05) is 0 Å². The van der Waals surface area contributed by atoms with Gasteiger partial charge >= 0.3 is 5.69 Å². The van der Waals surface area contributed by atoms with Gasteiger partial charge in [-0.1, -0.05) is 35.9 Å². The van der Waals surface area contributed by atoms with Crippen molar-refractivity contribution in [3.63, 3.8) is 0 Å². The normalized spacial score (nSPS) is 20.4. The van der Waals surface area contributed by atoms with E-state index in [1.165, 1.54) is 11.1 Å². The first-order chi connectivity index (χ1) is 12.0. The number of rotatable bonds is 4. The first-order valence-corrected chi connectivity index (χ1v) is 8.60. The number of amides is 1. The lowest BCUT2D eigenvalue weighted by atomic mass is 10.1. The summed E-state index contributed by atoms with van der Waals surface area (Å²) in [5.41, 5.74) is 4.76. The van der Waals surface area contributed by atoms with Crippen LogP contribution >= 0.6 is 0 Å². The number of aromatic nitrogens is 2. The molecular formula is C20H21N3O2. The lowest BCUT2D eigenvalue weighted by Gasteiger charge is -2.14. The first kappa shape index (κ1) is 15.7. The SMILES string of the molecule is Cc1cccc([C@@H]2C[C@@H]2C(=O)N[C@@H](C)c2ccc3[nH]c(=O)[nH]c3c2)c1. The fraction of sp³-hybridized carbons (Fsp3) is 0.300. The third kappa shape index (κ3) is 3.09. The average molecular weight is 335 g/mol. The van der Waals surface area contributed by atoms with Crippen LogP contribution in [-0.4, -0.2) is 15.9 Å². The van der Waals surface area contributed by atoms with Crippen molar-refractivity contribution in [2.45, 2.75) is 32.2 Å². The number of fused-ring (bicyclic) bond motifs is 1. The molecule has 0 aliphatic heterocycles. The lowest BCUT2D eigenvalue weighted by Crippen LogP contribution is -2.28. The zero-order valence-electron chi connectivity index (χ0n) is 14.3. The summed E-state index contributed by atoms with van der Waals surface area (Å²) in [7, 11) is 0. The molecule has 1 aromatic heterocycles. The molecule has 0 bridgehead atoms. The monoisotopic (exact) mass is 335 g/mol. The van der Waals surface area contributed by atoms with Crippen LogP contribution in [0.1, 0.15) is 42.0 Å². The van der Waals surface area contributed by atoms with E-state index in [-0.39, 0.29) is 23.6 Å². The number of carbonyl (C=O) groups excluding carboxylic acids is 1. The number of hydrogen-bond acceptors (Lipinski definition) is 2. The van der Waals surface area contributed by atoms with Crippen molar-refractivity contribution in [1.29, 1.82) is 0 Å². The van der Waals surface area contributed by atoms with E-state index in [9.17, 15) is 9.59 Å². The van der Waals surface area contributed by atoms with E-state index in [2.05, 4.69) is 40.4 Å². The van der Waals surface area contributed by atoms with Gasteiger partial charge in [0, 0.05) is 5.92 Å². The molecule has 5 heteroatoms. The maximum absolute atomic E-state index is 12.6. The second-order valence-electron chi connectivity index (χ2n) is 6.98. The summed E-state index contributed by atoms with van der Waals surface area (Å²) in [4.78, 5) is 29.4. The number of benzene rings is 2. The molecule has 1 amide bonds. The van der Waals surface area contributed by atoms with Gasteiger partial charge in [0.25, 0.3) is 0 Å². The van der Waals surface area contributed by atoms with E-state index >= 15 is 0 Å². The molecule has 1 fully saturated rings. The van der Waals surface area contributed by atoms with Gasteiger partial charge in [0.15, 0.2) is 0 Å². The van der Waals surface area contributed by atoms with Crippen LogP contribution in [0.15, 0.2) is 47.3 Å². The second kappa shape index (κ2) is 5.92. The standard InChI is InChI=1S/C20H21N3O2/c1-11-4-3-5-14(8-11)15-10-16(15)19(24)21-12(2)13-6-7-17-18(9-13)23-20(25)22-17/h3-9,12,15-16H,10H2,1-2H3,(H,21,24)(H2,22,23,25)/t12-,15-,16-/m0/s1. The quantitative estimate of drug-likeness (QED) is 0.685. The zero-order valence-corrected chi connectivity index (χ0v) is 14.3. The Labute approximate surface area is 145 Å². The number of imidazole rings is 1. The molecule has 1 aliphatic carbocycles. The van der Waals surface area contributed by atoms with Crippen LogP contribution in [0.25, 0.3) is 11.0 Å². The van der Waals surface area contributed by atoms with E-state index in [0.717, 1.165) is 23.0 Å². The Hall–Kier alpha value is -2.82. The first-order valence-electron chi connectivity index (χ1n) is 8.60. The van der Waals surface area contributed by atoms with E-state index in [1.54, 1.807) is 0 Å². The molecule has 0 unspecified atom stereocenters. The highest BCUT2D eigenvalue weighted by molar-refractivity contribution is 5.83. The summed E-state index contributed by atoms with van der Waals surface area (Å²) in [6.07, 6.45) is 0.909. The van der Waals surface area contributed by atoms with Crippen molar-refractivity contribution in [1.82, 2.24) is 15.3 Å². The number of aromatic amines is 2. The maximum Gasteiger partial charge on any atom is 0.323 e. The smallest absolute Gasteiger partial charge is 0.323 e. The minimum Gasteiger partial charge on any atom is -0.349 e. The Balaban J connectivity index is 1.44. The Morgan fingerprint density at radius 2 is 1.96 bits per heavy atom. The Kier molecular flexibility index (Phi) is 3.71. The van der Waals surface area contributed by atoms with Crippen LogP contribution in [0.3, 0.4) is 0 Å². The molecule has 4 rings (SSSR count). The Morgan fingerprint density at radius 3 is 2.76 bits per heavy atom. The van der Waals surface area contributed by atoms with Crippen LogP contribution in [0.2, 0.25) is 0 Å². The van der Waals surface area contributed by atoms with Crippen molar-refractivity contribution >= 4 is 16.9 Å². The molecule has 128 valence electrons. The summed E-state index contributed by atoms with van der Waals surface area (Å²) in [6.45, 7) is 4.04. The van der Waals surface area contributed by atoms with E-state index in [1.807, 2.05) is 31.2 Å². The van der Waals surface area contributed by atoms with Crippen molar-refractivity contribution in [2.24, 2.45) is 5.92 Å².